The third-order valence-electron chi connectivity index (χ3n) is 5.06. The number of aromatic nitrogens is 2. The van der Waals surface area contributed by atoms with Crippen LogP contribution >= 0.6 is 0 Å². The van der Waals surface area contributed by atoms with Crippen molar-refractivity contribution in [3.8, 4) is 5.88 Å². The number of carbonyl (C=O) groups is 1. The van der Waals surface area contributed by atoms with Crippen LogP contribution in [0.5, 0.6) is 5.88 Å². The molecule has 0 atom stereocenters. The molecule has 0 unspecified atom stereocenters. The minimum atomic E-state index is -0.530. The van der Waals surface area contributed by atoms with E-state index in [-0.39, 0.29) is 24.2 Å². The Morgan fingerprint density at radius 1 is 1.10 bits per heavy atom. The first kappa shape index (κ1) is 19.0. The van der Waals surface area contributed by atoms with Crippen LogP contribution in [0.15, 0.2) is 42.9 Å². The van der Waals surface area contributed by atoms with Crippen LogP contribution in [0.1, 0.15) is 34.2 Å². The van der Waals surface area contributed by atoms with Crippen molar-refractivity contribution in [3.63, 3.8) is 0 Å². The molecule has 3 aromatic rings. The van der Waals surface area contributed by atoms with E-state index in [9.17, 15) is 13.6 Å². The van der Waals surface area contributed by atoms with Crippen molar-refractivity contribution < 1.29 is 18.3 Å². The zero-order chi connectivity index (χ0) is 20.4. The van der Waals surface area contributed by atoms with Gasteiger partial charge in [-0.3, -0.25) is 9.78 Å². The van der Waals surface area contributed by atoms with Gasteiger partial charge in [0.1, 0.15) is 12.4 Å². The zero-order valence-electron chi connectivity index (χ0n) is 15.8. The lowest BCUT2D eigenvalue weighted by atomic mass is 9.95. The molecule has 0 saturated heterocycles. The molecule has 7 heteroatoms. The number of benzene rings is 1. The summed E-state index contributed by atoms with van der Waals surface area (Å²) in [4.78, 5) is 19.6. The van der Waals surface area contributed by atoms with E-state index < -0.39 is 5.82 Å². The molecule has 4 rings (SSSR count). The van der Waals surface area contributed by atoms with Gasteiger partial charge in [0.05, 0.1) is 0 Å². The van der Waals surface area contributed by atoms with E-state index >= 15 is 0 Å². The van der Waals surface area contributed by atoms with Gasteiger partial charge in [-0.05, 0) is 53.8 Å². The zero-order valence-corrected chi connectivity index (χ0v) is 15.8. The Morgan fingerprint density at radius 3 is 2.76 bits per heavy atom. The summed E-state index contributed by atoms with van der Waals surface area (Å²) in [5.74, 6) is -1.07. The lowest BCUT2D eigenvalue weighted by molar-refractivity contribution is -0.116. The van der Waals surface area contributed by atoms with Crippen molar-refractivity contribution in [2.24, 2.45) is 0 Å². The molecule has 29 heavy (non-hydrogen) atoms. The van der Waals surface area contributed by atoms with Gasteiger partial charge in [0.15, 0.2) is 5.82 Å². The molecule has 1 amide bonds. The first-order valence-electron chi connectivity index (χ1n) is 9.28. The van der Waals surface area contributed by atoms with Gasteiger partial charge in [0, 0.05) is 42.7 Å². The number of amides is 1. The van der Waals surface area contributed by atoms with Crippen LogP contribution in [0.25, 0.3) is 0 Å². The van der Waals surface area contributed by atoms with Gasteiger partial charge in [-0.2, -0.15) is 0 Å². The van der Waals surface area contributed by atoms with Gasteiger partial charge in [-0.25, -0.2) is 13.8 Å². The van der Waals surface area contributed by atoms with Crippen LogP contribution in [0, 0.1) is 18.6 Å². The van der Waals surface area contributed by atoms with Crippen LogP contribution in [0.2, 0.25) is 0 Å². The van der Waals surface area contributed by atoms with Crippen LogP contribution in [0.3, 0.4) is 0 Å². The standard InChI is InChI=1S/C22H19F2N3O2/c1-13-16(8-15-7-14-4-5-21(28)27-20(14)9-19(15)24)10-25-11-17(13)12-29-22-18(23)3-2-6-26-22/h2-3,6-7,9-11H,4-5,8,12H2,1H3,(H,27,28). The van der Waals surface area contributed by atoms with E-state index in [0.717, 1.165) is 22.3 Å². The first-order chi connectivity index (χ1) is 14.0. The van der Waals surface area contributed by atoms with Gasteiger partial charge in [0.2, 0.25) is 5.91 Å². The summed E-state index contributed by atoms with van der Waals surface area (Å²) < 4.78 is 33.8. The summed E-state index contributed by atoms with van der Waals surface area (Å²) in [6.45, 7) is 2.01. The predicted octanol–water partition coefficient (Wildman–Crippen LogP) is 4.12. The molecule has 0 bridgehead atoms. The highest BCUT2D eigenvalue weighted by Gasteiger charge is 2.18. The molecular formula is C22H19F2N3O2. The third-order valence-corrected chi connectivity index (χ3v) is 5.06. The van der Waals surface area contributed by atoms with Gasteiger partial charge < -0.3 is 10.1 Å². The van der Waals surface area contributed by atoms with Crippen molar-refractivity contribution in [1.82, 2.24) is 9.97 Å². The fourth-order valence-corrected chi connectivity index (χ4v) is 3.36. The van der Waals surface area contributed by atoms with Gasteiger partial charge >= 0.3 is 0 Å². The number of hydrogen-bond donors (Lipinski definition) is 1. The Hall–Kier alpha value is -3.35. The van der Waals surface area contributed by atoms with Crippen LogP contribution in [0.4, 0.5) is 14.5 Å². The largest absolute Gasteiger partial charge is 0.471 e. The van der Waals surface area contributed by atoms with Crippen LogP contribution in [-0.4, -0.2) is 15.9 Å². The summed E-state index contributed by atoms with van der Waals surface area (Å²) in [5.41, 5.74) is 4.54. The average Bonchev–Trinajstić information content (AvgIpc) is 2.70. The van der Waals surface area contributed by atoms with E-state index in [0.29, 0.717) is 30.5 Å². The molecule has 0 saturated carbocycles. The minimum absolute atomic E-state index is 0.0694. The number of nitrogens with zero attached hydrogens (tertiary/aromatic N) is 2. The van der Waals surface area contributed by atoms with Crippen LogP contribution in [-0.2, 0) is 24.2 Å². The Bertz CT molecular complexity index is 1090. The number of pyridine rings is 2. The second kappa shape index (κ2) is 7.95. The summed E-state index contributed by atoms with van der Waals surface area (Å²) in [5, 5.41) is 2.70. The second-order valence-corrected chi connectivity index (χ2v) is 6.99. The molecule has 5 nitrogen and oxygen atoms in total. The van der Waals surface area contributed by atoms with Gasteiger partial charge in [-0.1, -0.05) is 6.07 Å². The van der Waals surface area contributed by atoms with Crippen molar-refractivity contribution >= 4 is 11.6 Å². The second-order valence-electron chi connectivity index (χ2n) is 6.99. The van der Waals surface area contributed by atoms with E-state index in [1.807, 2.05) is 6.92 Å². The minimum Gasteiger partial charge on any atom is -0.471 e. The number of halogens is 2. The summed E-state index contributed by atoms with van der Waals surface area (Å²) in [6.07, 6.45) is 6.16. The SMILES string of the molecule is Cc1c(COc2ncccc2F)cncc1Cc1cc2c(cc1F)NC(=O)CC2. The quantitative estimate of drug-likeness (QED) is 0.706. The molecule has 0 aliphatic carbocycles. The molecule has 148 valence electrons. The van der Waals surface area contributed by atoms with E-state index in [4.69, 9.17) is 4.74 Å². The maximum absolute atomic E-state index is 14.6. The van der Waals surface area contributed by atoms with Crippen molar-refractivity contribution in [2.75, 3.05) is 5.32 Å². The fraction of sp³-hybridized carbons (Fsp3) is 0.227. The lowest BCUT2D eigenvalue weighted by Crippen LogP contribution is -2.19. The smallest absolute Gasteiger partial charge is 0.250 e. The number of aryl methyl sites for hydroxylation is 1. The molecule has 1 aliphatic heterocycles. The normalized spacial score (nSPS) is 13.0. The third kappa shape index (κ3) is 4.08. The van der Waals surface area contributed by atoms with Gasteiger partial charge in [0.25, 0.3) is 5.88 Å². The van der Waals surface area contributed by atoms with Crippen molar-refractivity contribution in [3.05, 3.63) is 82.3 Å². The lowest BCUT2D eigenvalue weighted by Gasteiger charge is -2.19. The number of rotatable bonds is 5. The molecule has 3 heterocycles. The monoisotopic (exact) mass is 395 g/mol. The number of anilines is 1. The highest BCUT2D eigenvalue weighted by Crippen LogP contribution is 2.28. The summed E-state index contributed by atoms with van der Waals surface area (Å²) in [6, 6.07) is 5.95. The maximum atomic E-state index is 14.6. The molecular weight excluding hydrogens is 376 g/mol. The Balaban J connectivity index is 1.55. The molecule has 0 spiro atoms. The number of ether oxygens (including phenoxy) is 1. The Kier molecular flexibility index (Phi) is 5.20. The fourth-order valence-electron chi connectivity index (χ4n) is 3.36. The van der Waals surface area contributed by atoms with E-state index in [1.165, 1.54) is 24.4 Å². The van der Waals surface area contributed by atoms with E-state index in [2.05, 4.69) is 15.3 Å². The molecule has 0 fully saturated rings. The number of fused-ring (bicyclic) bond motifs is 1. The predicted molar refractivity (Wildman–Crippen MR) is 104 cm³/mol. The number of carbonyl (C=O) groups excluding carboxylic acids is 1. The van der Waals surface area contributed by atoms with Crippen molar-refractivity contribution in [1.29, 1.82) is 0 Å². The molecule has 1 aliphatic rings. The van der Waals surface area contributed by atoms with Crippen LogP contribution < -0.4 is 10.1 Å². The average molecular weight is 395 g/mol. The van der Waals surface area contributed by atoms with Crippen molar-refractivity contribution in [2.45, 2.75) is 32.8 Å². The molecule has 2 aromatic heterocycles. The Morgan fingerprint density at radius 2 is 1.93 bits per heavy atom. The van der Waals surface area contributed by atoms with Gasteiger partial charge in [-0.15, -0.1) is 0 Å². The number of hydrogen-bond acceptors (Lipinski definition) is 4. The highest BCUT2D eigenvalue weighted by molar-refractivity contribution is 5.93. The Labute approximate surface area is 166 Å². The summed E-state index contributed by atoms with van der Waals surface area (Å²) in [7, 11) is 0. The highest BCUT2D eigenvalue weighted by atomic mass is 19.1. The molecule has 1 aromatic carbocycles. The maximum Gasteiger partial charge on any atom is 0.250 e. The first-order valence-corrected chi connectivity index (χ1v) is 9.28. The molecule has 0 radical (unpaired) electrons. The van der Waals surface area contributed by atoms with E-state index in [1.54, 1.807) is 18.5 Å². The summed E-state index contributed by atoms with van der Waals surface area (Å²) >= 11 is 0. The topological polar surface area (TPSA) is 64.1 Å². The molecule has 1 N–H and O–H groups in total. The number of nitrogens with one attached hydrogen (secondary N) is 1.